The molecule has 0 atom stereocenters. The number of nitrogens with zero attached hydrogens (tertiary/aromatic N) is 1. The highest BCUT2D eigenvalue weighted by Gasteiger charge is 2.07. The minimum Gasteiger partial charge on any atom is -0.247 e. The van der Waals surface area contributed by atoms with Gasteiger partial charge in [-0.25, -0.2) is 28.7 Å². The van der Waals surface area contributed by atoms with Crippen LogP contribution in [0.15, 0.2) is 32.3 Å². The summed E-state index contributed by atoms with van der Waals surface area (Å²) in [4.78, 5) is 22.4. The van der Waals surface area contributed by atoms with Gasteiger partial charge in [0.2, 0.25) is 0 Å². The van der Waals surface area contributed by atoms with Crippen molar-refractivity contribution in [2.45, 2.75) is 0 Å². The van der Waals surface area contributed by atoms with Gasteiger partial charge in [-0.15, -0.1) is 0 Å². The van der Waals surface area contributed by atoms with Crippen LogP contribution in [0.2, 0.25) is 0 Å². The van der Waals surface area contributed by atoms with E-state index in [1.54, 1.807) is 0 Å². The zero-order valence-electron chi connectivity index (χ0n) is 7.25. The number of benzene rings is 1. The number of nitrogens with one attached hydrogen (secondary N) is 2. The van der Waals surface area contributed by atoms with E-state index in [9.17, 15) is 14.0 Å². The van der Waals surface area contributed by atoms with Crippen LogP contribution in [0.3, 0.4) is 0 Å². The van der Waals surface area contributed by atoms with Crippen molar-refractivity contribution in [3.8, 4) is 5.69 Å². The second kappa shape index (κ2) is 3.50. The van der Waals surface area contributed by atoms with Crippen molar-refractivity contribution in [1.29, 1.82) is 0 Å². The molecule has 1 aromatic heterocycles. The lowest BCUT2D eigenvalue weighted by atomic mass is 10.3. The first-order valence-electron chi connectivity index (χ1n) is 3.95. The summed E-state index contributed by atoms with van der Waals surface area (Å²) in [6.45, 7) is 0. The zero-order chi connectivity index (χ0) is 11.0. The minimum atomic E-state index is -0.599. The third-order valence-electron chi connectivity index (χ3n) is 1.84. The molecule has 7 heteroatoms. The van der Waals surface area contributed by atoms with Gasteiger partial charge in [0.25, 0.3) is 0 Å². The second-order valence-electron chi connectivity index (χ2n) is 2.79. The van der Waals surface area contributed by atoms with E-state index >= 15 is 0 Å². The molecule has 2 N–H and O–H groups in total. The molecule has 0 amide bonds. The molecule has 0 aliphatic carbocycles. The van der Waals surface area contributed by atoms with Crippen LogP contribution in [-0.2, 0) is 0 Å². The van der Waals surface area contributed by atoms with Crippen molar-refractivity contribution in [2.24, 2.45) is 0 Å². The summed E-state index contributed by atoms with van der Waals surface area (Å²) in [5.74, 6) is -0.459. The Bertz CT molecular complexity index is 585. The molecular weight excluding hydrogens is 269 g/mol. The predicted molar refractivity (Wildman–Crippen MR) is 54.7 cm³/mol. The molecular formula is C8H5BrFN3O2. The Hall–Kier alpha value is -1.63. The highest BCUT2D eigenvalue weighted by Crippen LogP contribution is 2.17. The fraction of sp³-hybridized carbons (Fsp3) is 0. The largest absolute Gasteiger partial charge is 0.348 e. The molecule has 0 unspecified atom stereocenters. The Morgan fingerprint density at radius 3 is 2.33 bits per heavy atom. The van der Waals surface area contributed by atoms with Gasteiger partial charge in [0.05, 0.1) is 10.2 Å². The molecule has 1 heterocycles. The Morgan fingerprint density at radius 2 is 1.80 bits per heavy atom. The third-order valence-corrected chi connectivity index (χ3v) is 2.45. The smallest absolute Gasteiger partial charge is 0.247 e. The Kier molecular flexibility index (Phi) is 2.31. The Labute approximate surface area is 90.7 Å². The fourth-order valence-corrected chi connectivity index (χ4v) is 1.54. The van der Waals surface area contributed by atoms with Crippen molar-refractivity contribution in [2.75, 3.05) is 0 Å². The molecule has 0 bridgehead atoms. The maximum absolute atomic E-state index is 12.9. The first-order chi connectivity index (χ1) is 7.09. The predicted octanol–water partition coefficient (Wildman–Crippen LogP) is 0.755. The molecule has 15 heavy (non-hydrogen) atoms. The van der Waals surface area contributed by atoms with Gasteiger partial charge in [-0.3, -0.25) is 0 Å². The van der Waals surface area contributed by atoms with E-state index < -0.39 is 17.2 Å². The molecule has 0 spiro atoms. The van der Waals surface area contributed by atoms with E-state index in [0.29, 0.717) is 0 Å². The van der Waals surface area contributed by atoms with E-state index in [-0.39, 0.29) is 10.2 Å². The molecule has 1 aromatic carbocycles. The van der Waals surface area contributed by atoms with Gasteiger partial charge in [-0.1, -0.05) is 0 Å². The molecule has 0 saturated carbocycles. The third kappa shape index (κ3) is 1.65. The summed E-state index contributed by atoms with van der Waals surface area (Å²) < 4.78 is 14.0. The number of H-pyrrole nitrogens is 2. The van der Waals surface area contributed by atoms with Crippen LogP contribution in [0.25, 0.3) is 5.69 Å². The molecule has 2 rings (SSSR count). The van der Waals surface area contributed by atoms with Crippen LogP contribution in [0.4, 0.5) is 4.39 Å². The van der Waals surface area contributed by atoms with Crippen molar-refractivity contribution in [3.05, 3.63) is 49.5 Å². The van der Waals surface area contributed by atoms with Crippen molar-refractivity contribution in [1.82, 2.24) is 14.8 Å². The molecule has 2 aromatic rings. The summed E-state index contributed by atoms with van der Waals surface area (Å²) in [6.07, 6.45) is 0. The van der Waals surface area contributed by atoms with Gasteiger partial charge in [0.15, 0.2) is 0 Å². The van der Waals surface area contributed by atoms with Gasteiger partial charge >= 0.3 is 11.4 Å². The highest BCUT2D eigenvalue weighted by molar-refractivity contribution is 9.10. The first kappa shape index (κ1) is 9.91. The van der Waals surface area contributed by atoms with Gasteiger partial charge < -0.3 is 0 Å². The summed E-state index contributed by atoms with van der Waals surface area (Å²) in [6, 6.07) is 3.85. The SMILES string of the molecule is O=c1[nH][nH]c(=O)n1-c1ccc(F)c(Br)c1. The van der Waals surface area contributed by atoms with E-state index in [4.69, 9.17) is 0 Å². The van der Waals surface area contributed by atoms with Crippen molar-refractivity contribution in [3.63, 3.8) is 0 Å². The summed E-state index contributed by atoms with van der Waals surface area (Å²) >= 11 is 2.97. The maximum Gasteiger partial charge on any atom is 0.348 e. The van der Waals surface area contributed by atoms with Crippen LogP contribution in [0.1, 0.15) is 0 Å². The number of halogens is 2. The van der Waals surface area contributed by atoms with Crippen LogP contribution < -0.4 is 11.4 Å². The fourth-order valence-electron chi connectivity index (χ4n) is 1.17. The quantitative estimate of drug-likeness (QED) is 0.805. The topological polar surface area (TPSA) is 70.7 Å². The Balaban J connectivity index is 2.70. The van der Waals surface area contributed by atoms with Gasteiger partial charge in [0.1, 0.15) is 5.82 Å². The van der Waals surface area contributed by atoms with E-state index in [0.717, 1.165) is 10.6 Å². The van der Waals surface area contributed by atoms with E-state index in [1.807, 2.05) is 0 Å². The highest BCUT2D eigenvalue weighted by atomic mass is 79.9. The standard InChI is InChI=1S/C8H5BrFN3O2/c9-5-3-4(1-2-6(5)10)13-7(14)11-12-8(13)15/h1-3H,(H,11,14)(H,12,15). The molecule has 0 aliphatic heterocycles. The van der Waals surface area contributed by atoms with Crippen LogP contribution in [0, 0.1) is 5.82 Å². The van der Waals surface area contributed by atoms with E-state index in [2.05, 4.69) is 26.1 Å². The lowest BCUT2D eigenvalue weighted by Gasteiger charge is -2.00. The maximum atomic E-state index is 12.9. The number of hydrogen-bond acceptors (Lipinski definition) is 2. The molecule has 0 saturated heterocycles. The molecule has 0 fully saturated rings. The molecule has 0 aliphatic rings. The lowest BCUT2D eigenvalue weighted by molar-refractivity contribution is 0.620. The minimum absolute atomic E-state index is 0.188. The average molecular weight is 274 g/mol. The number of hydrogen-bond donors (Lipinski definition) is 2. The summed E-state index contributed by atoms with van der Waals surface area (Å²) in [5, 5.41) is 4.26. The van der Waals surface area contributed by atoms with Crippen LogP contribution in [0.5, 0.6) is 0 Å². The summed E-state index contributed by atoms with van der Waals surface area (Å²) in [5.41, 5.74) is -0.909. The van der Waals surface area contributed by atoms with Crippen LogP contribution in [-0.4, -0.2) is 14.8 Å². The number of rotatable bonds is 1. The second-order valence-corrected chi connectivity index (χ2v) is 3.65. The number of aromatic nitrogens is 3. The molecule has 78 valence electrons. The monoisotopic (exact) mass is 273 g/mol. The van der Waals surface area contributed by atoms with Crippen molar-refractivity contribution >= 4 is 15.9 Å². The van der Waals surface area contributed by atoms with Gasteiger partial charge in [0, 0.05) is 0 Å². The lowest BCUT2D eigenvalue weighted by Crippen LogP contribution is -2.24. The first-order valence-corrected chi connectivity index (χ1v) is 4.74. The van der Waals surface area contributed by atoms with Crippen LogP contribution >= 0.6 is 15.9 Å². The van der Waals surface area contributed by atoms with Gasteiger partial charge in [-0.2, -0.15) is 0 Å². The molecule has 5 nitrogen and oxygen atoms in total. The van der Waals surface area contributed by atoms with Crippen molar-refractivity contribution < 1.29 is 4.39 Å². The molecule has 0 radical (unpaired) electrons. The average Bonchev–Trinajstić information content (AvgIpc) is 2.52. The Morgan fingerprint density at radius 1 is 1.20 bits per heavy atom. The summed E-state index contributed by atoms with van der Waals surface area (Å²) in [7, 11) is 0. The zero-order valence-corrected chi connectivity index (χ0v) is 8.84. The number of aromatic amines is 2. The normalized spacial score (nSPS) is 10.5. The van der Waals surface area contributed by atoms with Gasteiger partial charge in [-0.05, 0) is 34.1 Å². The van der Waals surface area contributed by atoms with E-state index in [1.165, 1.54) is 12.1 Å².